The van der Waals surface area contributed by atoms with Crippen molar-refractivity contribution in [2.24, 2.45) is 5.73 Å². The van der Waals surface area contributed by atoms with Gasteiger partial charge in [-0.2, -0.15) is 0 Å². The molecule has 19 heavy (non-hydrogen) atoms. The van der Waals surface area contributed by atoms with Crippen LogP contribution in [-0.4, -0.2) is 9.97 Å². The first kappa shape index (κ1) is 12.8. The van der Waals surface area contributed by atoms with Crippen LogP contribution >= 0.6 is 15.9 Å². The van der Waals surface area contributed by atoms with E-state index in [0.29, 0.717) is 0 Å². The van der Waals surface area contributed by atoms with Crippen LogP contribution in [0.2, 0.25) is 0 Å². The van der Waals surface area contributed by atoms with E-state index in [1.54, 1.807) is 0 Å². The van der Waals surface area contributed by atoms with Crippen molar-refractivity contribution in [2.75, 3.05) is 0 Å². The molecule has 2 N–H and O–H groups in total. The van der Waals surface area contributed by atoms with Gasteiger partial charge in [-0.15, -0.1) is 0 Å². The topological polar surface area (TPSA) is 51.8 Å². The summed E-state index contributed by atoms with van der Waals surface area (Å²) in [6, 6.07) is 8.40. The quantitative estimate of drug-likeness (QED) is 0.925. The van der Waals surface area contributed by atoms with E-state index < -0.39 is 0 Å². The van der Waals surface area contributed by atoms with E-state index in [-0.39, 0.29) is 6.04 Å². The zero-order chi connectivity index (χ0) is 13.2. The SMILES string of the molecule is NC1CCCc2ccc(Cc3ccc(Br)cn3)nc21. The summed E-state index contributed by atoms with van der Waals surface area (Å²) >= 11 is 3.39. The molecule has 0 fully saturated rings. The van der Waals surface area contributed by atoms with Crippen molar-refractivity contribution in [2.45, 2.75) is 31.7 Å². The lowest BCUT2D eigenvalue weighted by molar-refractivity contribution is 0.551. The Kier molecular flexibility index (Phi) is 3.62. The maximum atomic E-state index is 6.14. The molecule has 1 unspecified atom stereocenters. The molecule has 3 rings (SSSR count). The van der Waals surface area contributed by atoms with Gasteiger partial charge in [0.05, 0.1) is 5.69 Å². The van der Waals surface area contributed by atoms with Crippen LogP contribution in [0.1, 0.15) is 41.5 Å². The molecule has 2 aromatic rings. The normalized spacial score (nSPS) is 18.1. The zero-order valence-electron chi connectivity index (χ0n) is 10.6. The highest BCUT2D eigenvalue weighted by atomic mass is 79.9. The van der Waals surface area contributed by atoms with Gasteiger partial charge in [0.25, 0.3) is 0 Å². The zero-order valence-corrected chi connectivity index (χ0v) is 12.2. The lowest BCUT2D eigenvalue weighted by Crippen LogP contribution is -2.19. The van der Waals surface area contributed by atoms with Crippen LogP contribution < -0.4 is 5.73 Å². The Balaban J connectivity index is 1.85. The van der Waals surface area contributed by atoms with Crippen molar-refractivity contribution < 1.29 is 0 Å². The molecule has 0 aliphatic heterocycles. The fraction of sp³-hybridized carbons (Fsp3) is 0.333. The molecule has 0 radical (unpaired) electrons. The summed E-state index contributed by atoms with van der Waals surface area (Å²) in [6.07, 6.45) is 5.89. The smallest absolute Gasteiger partial charge is 0.0606 e. The third-order valence-electron chi connectivity index (χ3n) is 3.53. The fourth-order valence-electron chi connectivity index (χ4n) is 2.52. The molecule has 0 amide bonds. The van der Waals surface area contributed by atoms with Crippen LogP contribution in [0.3, 0.4) is 0 Å². The Morgan fingerprint density at radius 1 is 1.21 bits per heavy atom. The van der Waals surface area contributed by atoms with Gasteiger partial charge in [0.15, 0.2) is 0 Å². The molecule has 1 aliphatic carbocycles. The minimum atomic E-state index is 0.0987. The molecule has 0 bridgehead atoms. The van der Waals surface area contributed by atoms with Crippen LogP contribution in [0.15, 0.2) is 34.9 Å². The van der Waals surface area contributed by atoms with Crippen LogP contribution in [0, 0.1) is 0 Å². The second-order valence-corrected chi connectivity index (χ2v) is 5.91. The molecule has 2 heterocycles. The van der Waals surface area contributed by atoms with Crippen molar-refractivity contribution in [1.29, 1.82) is 0 Å². The predicted molar refractivity (Wildman–Crippen MR) is 78.8 cm³/mol. The summed E-state index contributed by atoms with van der Waals surface area (Å²) in [5, 5.41) is 0. The first-order chi connectivity index (χ1) is 9.22. The van der Waals surface area contributed by atoms with Crippen molar-refractivity contribution in [3.05, 3.63) is 57.6 Å². The molecule has 1 aliphatic rings. The van der Waals surface area contributed by atoms with Crippen LogP contribution in [0.5, 0.6) is 0 Å². The number of pyridine rings is 2. The lowest BCUT2D eigenvalue weighted by Gasteiger charge is -2.21. The van der Waals surface area contributed by atoms with Gasteiger partial charge in [0.2, 0.25) is 0 Å². The van der Waals surface area contributed by atoms with E-state index in [4.69, 9.17) is 10.7 Å². The Labute approximate surface area is 121 Å². The third-order valence-corrected chi connectivity index (χ3v) is 4.00. The average molecular weight is 318 g/mol. The van der Waals surface area contributed by atoms with Gasteiger partial charge < -0.3 is 5.73 Å². The number of hydrogen-bond acceptors (Lipinski definition) is 3. The standard InChI is InChI=1S/C15H16BrN3/c16-11-5-7-12(18-9-11)8-13-6-4-10-2-1-3-14(17)15(10)19-13/h4-7,9,14H,1-3,8,17H2. The fourth-order valence-corrected chi connectivity index (χ4v) is 2.76. The molecular weight excluding hydrogens is 302 g/mol. The van der Waals surface area contributed by atoms with E-state index in [1.165, 1.54) is 12.0 Å². The molecule has 3 nitrogen and oxygen atoms in total. The van der Waals surface area contributed by atoms with Gasteiger partial charge >= 0.3 is 0 Å². The summed E-state index contributed by atoms with van der Waals surface area (Å²) in [5.41, 5.74) is 10.6. The number of hydrogen-bond donors (Lipinski definition) is 1. The number of halogens is 1. The number of nitrogens with two attached hydrogens (primary N) is 1. The van der Waals surface area contributed by atoms with Crippen molar-refractivity contribution in [3.8, 4) is 0 Å². The van der Waals surface area contributed by atoms with Gasteiger partial charge in [-0.1, -0.05) is 6.07 Å². The van der Waals surface area contributed by atoms with Crippen LogP contribution in [-0.2, 0) is 12.8 Å². The molecule has 2 aromatic heterocycles. The largest absolute Gasteiger partial charge is 0.323 e. The Morgan fingerprint density at radius 3 is 2.84 bits per heavy atom. The molecular formula is C15H16BrN3. The molecule has 0 saturated heterocycles. The number of nitrogens with zero attached hydrogens (tertiary/aromatic N) is 2. The highest BCUT2D eigenvalue weighted by Gasteiger charge is 2.18. The second-order valence-electron chi connectivity index (χ2n) is 4.99. The number of rotatable bonds is 2. The Hall–Kier alpha value is -1.26. The van der Waals surface area contributed by atoms with Gasteiger partial charge in [-0.25, -0.2) is 0 Å². The molecule has 0 saturated carbocycles. The van der Waals surface area contributed by atoms with E-state index in [1.807, 2.05) is 18.3 Å². The summed E-state index contributed by atoms with van der Waals surface area (Å²) in [5.74, 6) is 0. The van der Waals surface area contributed by atoms with Gasteiger partial charge in [-0.3, -0.25) is 9.97 Å². The highest BCUT2D eigenvalue weighted by Crippen LogP contribution is 2.26. The van der Waals surface area contributed by atoms with Crippen molar-refractivity contribution in [1.82, 2.24) is 9.97 Å². The highest BCUT2D eigenvalue weighted by molar-refractivity contribution is 9.10. The molecule has 0 aromatic carbocycles. The minimum Gasteiger partial charge on any atom is -0.323 e. The van der Waals surface area contributed by atoms with Gasteiger partial charge in [0, 0.05) is 34.5 Å². The third kappa shape index (κ3) is 2.85. The summed E-state index contributed by atoms with van der Waals surface area (Å²) in [7, 11) is 0. The second kappa shape index (κ2) is 5.39. The Morgan fingerprint density at radius 2 is 2.05 bits per heavy atom. The maximum Gasteiger partial charge on any atom is 0.0606 e. The Bertz CT molecular complexity index is 580. The minimum absolute atomic E-state index is 0.0987. The maximum absolute atomic E-state index is 6.14. The average Bonchev–Trinajstić information content (AvgIpc) is 2.42. The van der Waals surface area contributed by atoms with E-state index in [2.05, 4.69) is 33.0 Å². The molecule has 0 spiro atoms. The first-order valence-electron chi connectivity index (χ1n) is 6.57. The van der Waals surface area contributed by atoms with Crippen molar-refractivity contribution >= 4 is 15.9 Å². The number of aryl methyl sites for hydroxylation is 1. The van der Waals surface area contributed by atoms with Crippen molar-refractivity contribution in [3.63, 3.8) is 0 Å². The van der Waals surface area contributed by atoms with Crippen LogP contribution in [0.25, 0.3) is 0 Å². The number of aromatic nitrogens is 2. The van der Waals surface area contributed by atoms with E-state index >= 15 is 0 Å². The van der Waals surface area contributed by atoms with Gasteiger partial charge in [0.1, 0.15) is 0 Å². The summed E-state index contributed by atoms with van der Waals surface area (Å²) in [4.78, 5) is 9.12. The molecule has 4 heteroatoms. The van der Waals surface area contributed by atoms with E-state index in [0.717, 1.165) is 40.8 Å². The monoisotopic (exact) mass is 317 g/mol. The predicted octanol–water partition coefficient (Wildman–Crippen LogP) is 3.17. The summed E-state index contributed by atoms with van der Waals surface area (Å²) in [6.45, 7) is 0. The molecule has 1 atom stereocenters. The summed E-state index contributed by atoms with van der Waals surface area (Å²) < 4.78 is 0.997. The van der Waals surface area contributed by atoms with E-state index in [9.17, 15) is 0 Å². The van der Waals surface area contributed by atoms with Crippen LogP contribution in [0.4, 0.5) is 0 Å². The molecule has 98 valence electrons. The number of fused-ring (bicyclic) bond motifs is 1. The van der Waals surface area contributed by atoms with Gasteiger partial charge in [-0.05, 0) is 59.0 Å². The first-order valence-corrected chi connectivity index (χ1v) is 7.36. The lowest BCUT2D eigenvalue weighted by atomic mass is 9.92.